The first-order valence-corrected chi connectivity index (χ1v) is 9.21. The van der Waals surface area contributed by atoms with E-state index in [2.05, 4.69) is 0 Å². The predicted molar refractivity (Wildman–Crippen MR) is 90.9 cm³/mol. The number of rotatable bonds is 15. The summed E-state index contributed by atoms with van der Waals surface area (Å²) in [6, 6.07) is 0. The first-order chi connectivity index (χ1) is 10.1. The first-order valence-electron chi connectivity index (χ1n) is 8.45. The van der Waals surface area contributed by atoms with Gasteiger partial charge in [-0.1, -0.05) is 64.7 Å². The van der Waals surface area contributed by atoms with Crippen LogP contribution in [0.3, 0.4) is 0 Å². The van der Waals surface area contributed by atoms with Crippen LogP contribution in [-0.2, 0) is 9.59 Å². The van der Waals surface area contributed by atoms with E-state index >= 15 is 0 Å². The van der Waals surface area contributed by atoms with E-state index < -0.39 is 0 Å². The van der Waals surface area contributed by atoms with Crippen molar-refractivity contribution in [1.29, 1.82) is 0 Å². The third-order valence-corrected chi connectivity index (χ3v) is 4.49. The van der Waals surface area contributed by atoms with E-state index in [0.717, 1.165) is 32.1 Å². The van der Waals surface area contributed by atoms with Crippen molar-refractivity contribution in [2.45, 2.75) is 90.4 Å². The summed E-state index contributed by atoms with van der Waals surface area (Å²) in [5.41, 5.74) is 0. The maximum atomic E-state index is 11.1. The highest BCUT2D eigenvalue weighted by Crippen LogP contribution is 2.18. The van der Waals surface area contributed by atoms with Gasteiger partial charge in [-0.2, -0.15) is 0 Å². The first kappa shape index (κ1) is 20.9. The molecule has 0 spiro atoms. The van der Waals surface area contributed by atoms with Gasteiger partial charge in [0.25, 0.3) is 0 Å². The minimum atomic E-state index is -0.212. The van der Waals surface area contributed by atoms with E-state index in [1.807, 2.05) is 6.92 Å². The smallest absolute Gasteiger partial charge is 0.224 e. The molecule has 0 aromatic heterocycles. The SMILES string of the molecule is CCC(CCCCCCCCCCCCC(=O)Cl)C(=O)Cl. The van der Waals surface area contributed by atoms with Crippen molar-refractivity contribution in [3.63, 3.8) is 0 Å². The largest absolute Gasteiger partial charge is 0.281 e. The van der Waals surface area contributed by atoms with Crippen molar-refractivity contribution in [1.82, 2.24) is 0 Å². The maximum Gasteiger partial charge on any atom is 0.224 e. The average Bonchev–Trinajstić information content (AvgIpc) is 2.43. The second kappa shape index (κ2) is 14.8. The van der Waals surface area contributed by atoms with Crippen LogP contribution in [0.4, 0.5) is 0 Å². The quantitative estimate of drug-likeness (QED) is 0.262. The van der Waals surface area contributed by atoms with Gasteiger partial charge in [0, 0.05) is 12.3 Å². The van der Waals surface area contributed by atoms with Crippen molar-refractivity contribution in [3.05, 3.63) is 0 Å². The zero-order valence-corrected chi connectivity index (χ0v) is 14.9. The summed E-state index contributed by atoms with van der Waals surface area (Å²) in [4.78, 5) is 21.6. The molecule has 21 heavy (non-hydrogen) atoms. The van der Waals surface area contributed by atoms with Crippen LogP contribution in [0.25, 0.3) is 0 Å². The lowest BCUT2D eigenvalue weighted by molar-refractivity contribution is -0.115. The number of hydrogen-bond acceptors (Lipinski definition) is 2. The van der Waals surface area contributed by atoms with Gasteiger partial charge in [0.1, 0.15) is 0 Å². The standard InChI is InChI=1S/C17H30Cl2O2/c1-2-15(17(19)21)13-11-9-7-5-3-4-6-8-10-12-14-16(18)20/h15H,2-14H2,1H3. The fourth-order valence-corrected chi connectivity index (χ4v) is 2.94. The summed E-state index contributed by atoms with van der Waals surface area (Å²) in [5.74, 6) is 0.0616. The second-order valence-corrected chi connectivity index (χ2v) is 6.63. The van der Waals surface area contributed by atoms with Crippen LogP contribution in [-0.4, -0.2) is 10.5 Å². The number of hydrogen-bond donors (Lipinski definition) is 0. The summed E-state index contributed by atoms with van der Waals surface area (Å²) in [7, 11) is 0. The molecule has 1 atom stereocenters. The van der Waals surface area contributed by atoms with Crippen LogP contribution < -0.4 is 0 Å². The number of unbranched alkanes of at least 4 members (excludes halogenated alkanes) is 9. The van der Waals surface area contributed by atoms with E-state index in [1.54, 1.807) is 0 Å². The number of carbonyl (C=O) groups is 2. The van der Waals surface area contributed by atoms with Gasteiger partial charge in [-0.15, -0.1) is 0 Å². The predicted octanol–water partition coefficient (Wildman–Crippen LogP) is 6.22. The van der Waals surface area contributed by atoms with Gasteiger partial charge in [-0.25, -0.2) is 0 Å². The fourth-order valence-electron chi connectivity index (χ4n) is 2.55. The molecule has 2 nitrogen and oxygen atoms in total. The van der Waals surface area contributed by atoms with Gasteiger partial charge in [-0.05, 0) is 42.5 Å². The molecule has 0 fully saturated rings. The monoisotopic (exact) mass is 336 g/mol. The molecule has 124 valence electrons. The molecule has 0 aliphatic heterocycles. The van der Waals surface area contributed by atoms with Crippen molar-refractivity contribution in [2.75, 3.05) is 0 Å². The highest BCUT2D eigenvalue weighted by molar-refractivity contribution is 6.64. The molecule has 0 saturated heterocycles. The molecular weight excluding hydrogens is 307 g/mol. The molecule has 0 aliphatic rings. The Bertz CT molecular complexity index is 280. The summed E-state index contributed by atoms with van der Waals surface area (Å²) in [6.45, 7) is 2.02. The van der Waals surface area contributed by atoms with Crippen molar-refractivity contribution >= 4 is 33.7 Å². The van der Waals surface area contributed by atoms with Gasteiger partial charge >= 0.3 is 0 Å². The molecule has 0 bridgehead atoms. The molecule has 0 amide bonds. The third kappa shape index (κ3) is 14.6. The van der Waals surface area contributed by atoms with Crippen LogP contribution in [0.1, 0.15) is 90.4 Å². The second-order valence-electron chi connectivity index (χ2n) is 5.84. The van der Waals surface area contributed by atoms with E-state index in [4.69, 9.17) is 23.2 Å². The Kier molecular flexibility index (Phi) is 14.8. The van der Waals surface area contributed by atoms with E-state index in [-0.39, 0.29) is 16.4 Å². The number of halogens is 2. The van der Waals surface area contributed by atoms with Crippen LogP contribution in [0.2, 0.25) is 0 Å². The number of carbonyl (C=O) groups excluding carboxylic acids is 2. The van der Waals surface area contributed by atoms with Gasteiger partial charge in [0.15, 0.2) is 0 Å². The van der Waals surface area contributed by atoms with Crippen molar-refractivity contribution in [3.8, 4) is 0 Å². The molecule has 0 N–H and O–H groups in total. The summed E-state index contributed by atoms with van der Waals surface area (Å²) >= 11 is 10.8. The van der Waals surface area contributed by atoms with Crippen LogP contribution in [0.5, 0.6) is 0 Å². The summed E-state index contributed by atoms with van der Waals surface area (Å²) in [6.07, 6.45) is 14.3. The molecular formula is C17H30Cl2O2. The topological polar surface area (TPSA) is 34.1 Å². The summed E-state index contributed by atoms with van der Waals surface area (Å²) in [5, 5.41) is -0.385. The van der Waals surface area contributed by atoms with E-state index in [1.165, 1.54) is 44.9 Å². The average molecular weight is 337 g/mol. The van der Waals surface area contributed by atoms with E-state index in [9.17, 15) is 9.59 Å². The Hall–Kier alpha value is -0.0800. The molecule has 0 rings (SSSR count). The Morgan fingerprint density at radius 2 is 1.19 bits per heavy atom. The minimum absolute atomic E-state index is 0.0616. The van der Waals surface area contributed by atoms with Crippen molar-refractivity contribution < 1.29 is 9.59 Å². The Balaban J connectivity index is 3.19. The van der Waals surface area contributed by atoms with Crippen LogP contribution in [0, 0.1) is 5.92 Å². The third-order valence-electron chi connectivity index (χ3n) is 3.99. The summed E-state index contributed by atoms with van der Waals surface area (Å²) < 4.78 is 0. The molecule has 0 aromatic rings. The molecule has 0 heterocycles. The molecule has 0 aliphatic carbocycles. The minimum Gasteiger partial charge on any atom is -0.281 e. The molecule has 0 radical (unpaired) electrons. The van der Waals surface area contributed by atoms with Crippen molar-refractivity contribution in [2.24, 2.45) is 5.92 Å². The highest BCUT2D eigenvalue weighted by Gasteiger charge is 2.12. The van der Waals surface area contributed by atoms with Gasteiger partial charge in [0.2, 0.25) is 10.5 Å². The van der Waals surface area contributed by atoms with Gasteiger partial charge in [-0.3, -0.25) is 9.59 Å². The Morgan fingerprint density at radius 3 is 1.57 bits per heavy atom. The molecule has 1 unspecified atom stereocenters. The lowest BCUT2D eigenvalue weighted by Crippen LogP contribution is -2.06. The lowest BCUT2D eigenvalue weighted by Gasteiger charge is -2.08. The maximum absolute atomic E-state index is 11.1. The van der Waals surface area contributed by atoms with Gasteiger partial charge < -0.3 is 0 Å². The van der Waals surface area contributed by atoms with Crippen LogP contribution >= 0.6 is 23.2 Å². The van der Waals surface area contributed by atoms with Crippen LogP contribution in [0.15, 0.2) is 0 Å². The molecule has 4 heteroatoms. The molecule has 0 aromatic carbocycles. The van der Waals surface area contributed by atoms with E-state index in [0.29, 0.717) is 6.42 Å². The fraction of sp³-hybridized carbons (Fsp3) is 0.882. The normalized spacial score (nSPS) is 12.3. The molecule has 0 saturated carbocycles. The lowest BCUT2D eigenvalue weighted by atomic mass is 9.99. The Labute approximate surface area is 140 Å². The zero-order valence-electron chi connectivity index (χ0n) is 13.3. The highest BCUT2D eigenvalue weighted by atomic mass is 35.5. The van der Waals surface area contributed by atoms with Gasteiger partial charge in [0.05, 0.1) is 0 Å². The Morgan fingerprint density at radius 1 is 0.762 bits per heavy atom. The zero-order chi connectivity index (χ0) is 15.9.